The quantitative estimate of drug-likeness (QED) is 0.365. The van der Waals surface area contributed by atoms with E-state index in [-0.39, 0.29) is 12.1 Å². The lowest BCUT2D eigenvalue weighted by molar-refractivity contribution is -0.137. The standard InChI is InChI=1S/C31H30F3N5O3/c32-31(33,34)26-9-5-24(6-10-26)19-38-15-13-30(14-16-38)21-39(29(41)42-30)20-25-7-11-27(12-8-25)37-28(40)36-18-23-3-1-22(17-35)2-4-23/h1-12H,13-16,18-21H2,(H2,36,37,40). The van der Waals surface area contributed by atoms with Crippen LogP contribution in [-0.2, 0) is 30.5 Å². The van der Waals surface area contributed by atoms with E-state index in [1.807, 2.05) is 12.1 Å². The molecule has 0 aliphatic carbocycles. The van der Waals surface area contributed by atoms with Gasteiger partial charge in [0.25, 0.3) is 0 Å². The zero-order chi connectivity index (χ0) is 29.7. The Morgan fingerprint density at radius 1 is 0.905 bits per heavy atom. The van der Waals surface area contributed by atoms with Gasteiger partial charge in [-0.25, -0.2) is 9.59 Å². The van der Waals surface area contributed by atoms with Gasteiger partial charge in [0.2, 0.25) is 0 Å². The van der Waals surface area contributed by atoms with E-state index in [4.69, 9.17) is 10.00 Å². The fourth-order valence-corrected chi connectivity index (χ4v) is 5.22. The second kappa shape index (κ2) is 12.1. The van der Waals surface area contributed by atoms with Crippen molar-refractivity contribution in [1.82, 2.24) is 15.1 Å². The topological polar surface area (TPSA) is 97.7 Å². The van der Waals surface area contributed by atoms with Gasteiger partial charge < -0.3 is 15.4 Å². The van der Waals surface area contributed by atoms with Crippen LogP contribution >= 0.6 is 0 Å². The van der Waals surface area contributed by atoms with E-state index >= 15 is 0 Å². The molecule has 218 valence electrons. The van der Waals surface area contributed by atoms with Gasteiger partial charge in [-0.3, -0.25) is 9.80 Å². The number of rotatable bonds is 7. The number of carbonyl (C=O) groups is 2. The van der Waals surface area contributed by atoms with Gasteiger partial charge in [0.1, 0.15) is 5.60 Å². The molecule has 2 aliphatic rings. The van der Waals surface area contributed by atoms with E-state index in [1.165, 1.54) is 12.1 Å². The SMILES string of the molecule is N#Cc1ccc(CNC(=O)Nc2ccc(CN3CC4(CCN(Cc5ccc(C(F)(F)F)cc5)CC4)OC3=O)cc2)cc1. The lowest BCUT2D eigenvalue weighted by Crippen LogP contribution is -2.46. The first-order chi connectivity index (χ1) is 20.1. The minimum absolute atomic E-state index is 0.321. The maximum atomic E-state index is 12.8. The number of carbonyl (C=O) groups excluding carboxylic acids is 2. The maximum Gasteiger partial charge on any atom is 0.416 e. The van der Waals surface area contributed by atoms with Gasteiger partial charge in [-0.05, 0) is 53.1 Å². The van der Waals surface area contributed by atoms with Gasteiger partial charge in [0.15, 0.2) is 0 Å². The van der Waals surface area contributed by atoms with Crippen LogP contribution in [-0.4, -0.2) is 47.2 Å². The van der Waals surface area contributed by atoms with E-state index in [0.29, 0.717) is 63.4 Å². The van der Waals surface area contributed by atoms with Gasteiger partial charge in [-0.1, -0.05) is 36.4 Å². The summed E-state index contributed by atoms with van der Waals surface area (Å²) in [6.07, 6.45) is -3.42. The number of hydrogen-bond acceptors (Lipinski definition) is 5. The third-order valence-electron chi connectivity index (χ3n) is 7.62. The predicted molar refractivity (Wildman–Crippen MR) is 149 cm³/mol. The number of urea groups is 1. The summed E-state index contributed by atoms with van der Waals surface area (Å²) in [4.78, 5) is 28.8. The Morgan fingerprint density at radius 3 is 2.12 bits per heavy atom. The van der Waals surface area contributed by atoms with Crippen molar-refractivity contribution in [2.45, 2.75) is 44.3 Å². The number of anilines is 1. The highest BCUT2D eigenvalue weighted by Gasteiger charge is 2.46. The Labute approximate surface area is 241 Å². The van der Waals surface area contributed by atoms with Crippen LogP contribution in [0.5, 0.6) is 0 Å². The molecule has 3 aromatic carbocycles. The van der Waals surface area contributed by atoms with E-state index in [9.17, 15) is 22.8 Å². The molecule has 0 unspecified atom stereocenters. The number of alkyl halides is 3. The number of nitrogens with one attached hydrogen (secondary N) is 2. The lowest BCUT2D eigenvalue weighted by atomic mass is 9.91. The molecule has 2 fully saturated rings. The molecular formula is C31H30F3N5O3. The molecule has 3 aromatic rings. The highest BCUT2D eigenvalue weighted by Crippen LogP contribution is 2.35. The Bertz CT molecular complexity index is 1440. The van der Waals surface area contributed by atoms with Crippen LogP contribution in [0.4, 0.5) is 28.4 Å². The Balaban J connectivity index is 1.07. The van der Waals surface area contributed by atoms with E-state index < -0.39 is 17.3 Å². The highest BCUT2D eigenvalue weighted by atomic mass is 19.4. The third kappa shape index (κ3) is 7.19. The van der Waals surface area contributed by atoms with Gasteiger partial charge >= 0.3 is 18.3 Å². The molecule has 8 nitrogen and oxygen atoms in total. The van der Waals surface area contributed by atoms with Crippen LogP contribution in [0.1, 0.15) is 40.7 Å². The zero-order valence-electron chi connectivity index (χ0n) is 22.8. The summed E-state index contributed by atoms with van der Waals surface area (Å²) in [6, 6.07) is 21.1. The van der Waals surface area contributed by atoms with Crippen LogP contribution in [0, 0.1) is 11.3 Å². The van der Waals surface area contributed by atoms with Crippen LogP contribution in [0.3, 0.4) is 0 Å². The number of ether oxygens (including phenoxy) is 1. The van der Waals surface area contributed by atoms with Crippen molar-refractivity contribution in [2.24, 2.45) is 0 Å². The summed E-state index contributed by atoms with van der Waals surface area (Å²) in [7, 11) is 0. The second-order valence-corrected chi connectivity index (χ2v) is 10.7. The van der Waals surface area contributed by atoms with Crippen LogP contribution in [0.25, 0.3) is 0 Å². The van der Waals surface area contributed by atoms with Crippen molar-refractivity contribution in [3.05, 3.63) is 101 Å². The Morgan fingerprint density at radius 2 is 1.50 bits per heavy atom. The number of halogens is 3. The predicted octanol–water partition coefficient (Wildman–Crippen LogP) is 5.89. The Hall–Kier alpha value is -4.56. The number of amides is 3. The summed E-state index contributed by atoms with van der Waals surface area (Å²) >= 11 is 0. The van der Waals surface area contributed by atoms with Crippen molar-refractivity contribution in [1.29, 1.82) is 5.26 Å². The summed E-state index contributed by atoms with van der Waals surface area (Å²) in [5, 5.41) is 14.4. The number of likely N-dealkylation sites (tertiary alicyclic amines) is 1. The number of nitrogens with zero attached hydrogens (tertiary/aromatic N) is 3. The van der Waals surface area contributed by atoms with Gasteiger partial charge in [0.05, 0.1) is 23.7 Å². The summed E-state index contributed by atoms with van der Waals surface area (Å²) < 4.78 is 44.3. The first-order valence-corrected chi connectivity index (χ1v) is 13.6. The smallest absolute Gasteiger partial charge is 0.416 e. The molecule has 11 heteroatoms. The average molecular weight is 578 g/mol. The molecular weight excluding hydrogens is 547 g/mol. The molecule has 0 radical (unpaired) electrons. The van der Waals surface area contributed by atoms with Crippen LogP contribution in [0.15, 0.2) is 72.8 Å². The number of benzene rings is 3. The maximum absolute atomic E-state index is 12.8. The minimum Gasteiger partial charge on any atom is -0.441 e. The van der Waals surface area contributed by atoms with Crippen molar-refractivity contribution in [3.63, 3.8) is 0 Å². The average Bonchev–Trinajstić information content (AvgIpc) is 3.28. The molecule has 5 rings (SSSR count). The van der Waals surface area contributed by atoms with Gasteiger partial charge in [0, 0.05) is 51.3 Å². The number of hydrogen-bond donors (Lipinski definition) is 2. The van der Waals surface area contributed by atoms with E-state index in [0.717, 1.165) is 28.8 Å². The zero-order valence-corrected chi connectivity index (χ0v) is 22.8. The summed E-state index contributed by atoms with van der Waals surface area (Å²) in [5.74, 6) is 0. The van der Waals surface area contributed by atoms with Crippen LogP contribution in [0.2, 0.25) is 0 Å². The molecule has 2 heterocycles. The molecule has 0 atom stereocenters. The first-order valence-electron chi connectivity index (χ1n) is 13.6. The first kappa shape index (κ1) is 29.0. The molecule has 1 spiro atoms. The fraction of sp³-hybridized carbons (Fsp3) is 0.323. The fourth-order valence-electron chi connectivity index (χ4n) is 5.22. The van der Waals surface area contributed by atoms with Crippen LogP contribution < -0.4 is 10.6 Å². The van der Waals surface area contributed by atoms with Gasteiger partial charge in [-0.15, -0.1) is 0 Å². The lowest BCUT2D eigenvalue weighted by Gasteiger charge is -2.37. The number of piperidine rings is 1. The van der Waals surface area contributed by atoms with Crippen molar-refractivity contribution in [2.75, 3.05) is 25.0 Å². The number of nitriles is 1. The molecule has 2 saturated heterocycles. The van der Waals surface area contributed by atoms with Gasteiger partial charge in [-0.2, -0.15) is 18.4 Å². The molecule has 2 aliphatic heterocycles. The molecule has 0 saturated carbocycles. The minimum atomic E-state index is -4.35. The monoisotopic (exact) mass is 577 g/mol. The van der Waals surface area contributed by atoms with Crippen molar-refractivity contribution < 1.29 is 27.5 Å². The normalized spacial score (nSPS) is 16.6. The summed E-state index contributed by atoms with van der Waals surface area (Å²) in [5.41, 5.74) is 2.52. The van der Waals surface area contributed by atoms with Crippen molar-refractivity contribution >= 4 is 17.8 Å². The third-order valence-corrected chi connectivity index (χ3v) is 7.62. The Kier molecular flexibility index (Phi) is 8.36. The molecule has 3 amide bonds. The molecule has 0 aromatic heterocycles. The highest BCUT2D eigenvalue weighted by molar-refractivity contribution is 5.89. The van der Waals surface area contributed by atoms with E-state index in [2.05, 4.69) is 21.6 Å². The molecule has 42 heavy (non-hydrogen) atoms. The van der Waals surface area contributed by atoms with E-state index in [1.54, 1.807) is 41.3 Å². The molecule has 2 N–H and O–H groups in total. The summed E-state index contributed by atoms with van der Waals surface area (Å²) in [6.45, 7) is 3.06. The molecule has 0 bridgehead atoms. The largest absolute Gasteiger partial charge is 0.441 e. The second-order valence-electron chi connectivity index (χ2n) is 10.7. The van der Waals surface area contributed by atoms with Crippen molar-refractivity contribution in [3.8, 4) is 6.07 Å².